The number of aromatic nitrogens is 1. The molecule has 2 amide bonds. The monoisotopic (exact) mass is 425 g/mol. The molecule has 0 radical (unpaired) electrons. The van der Waals surface area contributed by atoms with E-state index in [4.69, 9.17) is 0 Å². The molecule has 10 heteroatoms. The number of halogens is 4. The van der Waals surface area contributed by atoms with Crippen molar-refractivity contribution in [2.24, 2.45) is 0 Å². The Bertz CT molecular complexity index is 903. The van der Waals surface area contributed by atoms with Crippen molar-refractivity contribution in [3.63, 3.8) is 0 Å². The van der Waals surface area contributed by atoms with Gasteiger partial charge in [-0.05, 0) is 24.6 Å². The molecule has 0 saturated carbocycles. The van der Waals surface area contributed by atoms with Crippen molar-refractivity contribution in [1.82, 2.24) is 14.8 Å². The summed E-state index contributed by atoms with van der Waals surface area (Å²) >= 11 is 0. The highest BCUT2D eigenvalue weighted by Crippen LogP contribution is 2.18. The predicted octanol–water partition coefficient (Wildman–Crippen LogP) is 3.15. The summed E-state index contributed by atoms with van der Waals surface area (Å²) in [5.74, 6) is -1.62. The highest BCUT2D eigenvalue weighted by atomic mass is 19.4. The fourth-order valence-electron chi connectivity index (χ4n) is 3.06. The topological polar surface area (TPSA) is 62.7 Å². The molecular weight excluding hydrogens is 406 g/mol. The van der Waals surface area contributed by atoms with E-state index >= 15 is 0 Å². The molecule has 0 bridgehead atoms. The fraction of sp³-hybridized carbons (Fsp3) is 0.350. The number of nitrogens with zero attached hydrogens (tertiary/aromatic N) is 3. The molecule has 2 aromatic rings. The van der Waals surface area contributed by atoms with Crippen LogP contribution in [0, 0.1) is 5.82 Å². The zero-order valence-corrected chi connectivity index (χ0v) is 15.9. The second-order valence-corrected chi connectivity index (χ2v) is 6.71. The SMILES string of the molecule is O=C(c1ccc(OCC(F)(F)F)nc1)N1CCCN(C(=O)c2ccccc2F)CC1. The molecule has 1 aliphatic heterocycles. The third kappa shape index (κ3) is 5.46. The van der Waals surface area contributed by atoms with E-state index in [2.05, 4.69) is 9.72 Å². The largest absolute Gasteiger partial charge is 0.468 e. The van der Waals surface area contributed by atoms with Crippen molar-refractivity contribution in [2.45, 2.75) is 12.6 Å². The molecule has 0 atom stereocenters. The number of rotatable bonds is 4. The lowest BCUT2D eigenvalue weighted by Crippen LogP contribution is -2.37. The van der Waals surface area contributed by atoms with Gasteiger partial charge < -0.3 is 14.5 Å². The summed E-state index contributed by atoms with van der Waals surface area (Å²) in [4.78, 5) is 32.0. The van der Waals surface area contributed by atoms with Gasteiger partial charge in [0, 0.05) is 38.4 Å². The molecule has 1 aromatic carbocycles. The van der Waals surface area contributed by atoms with Gasteiger partial charge in [-0.25, -0.2) is 9.37 Å². The molecule has 0 N–H and O–H groups in total. The van der Waals surface area contributed by atoms with Gasteiger partial charge in [0.25, 0.3) is 11.8 Å². The average molecular weight is 425 g/mol. The van der Waals surface area contributed by atoms with Crippen LogP contribution in [0.5, 0.6) is 5.88 Å². The molecule has 6 nitrogen and oxygen atoms in total. The molecule has 30 heavy (non-hydrogen) atoms. The number of pyridine rings is 1. The minimum absolute atomic E-state index is 0.0177. The fourth-order valence-corrected chi connectivity index (χ4v) is 3.06. The summed E-state index contributed by atoms with van der Waals surface area (Å²) in [6, 6.07) is 8.26. The number of amides is 2. The van der Waals surface area contributed by atoms with E-state index in [0.717, 1.165) is 6.20 Å². The van der Waals surface area contributed by atoms with Crippen LogP contribution in [-0.4, -0.2) is 65.6 Å². The van der Waals surface area contributed by atoms with Crippen molar-refractivity contribution >= 4 is 11.8 Å². The molecule has 1 aromatic heterocycles. The normalized spacial score (nSPS) is 14.9. The maximum absolute atomic E-state index is 13.9. The zero-order chi connectivity index (χ0) is 21.7. The standard InChI is InChI=1S/C20H19F4N3O3/c21-16-5-2-1-4-15(16)19(29)27-9-3-8-26(10-11-27)18(28)14-6-7-17(25-12-14)30-13-20(22,23)24/h1-2,4-7,12H,3,8-11,13H2. The summed E-state index contributed by atoms with van der Waals surface area (Å²) in [5.41, 5.74) is 0.180. The van der Waals surface area contributed by atoms with Gasteiger partial charge >= 0.3 is 6.18 Å². The van der Waals surface area contributed by atoms with Gasteiger partial charge in [-0.1, -0.05) is 12.1 Å². The third-order valence-corrected chi connectivity index (χ3v) is 4.54. The van der Waals surface area contributed by atoms with Crippen LogP contribution < -0.4 is 4.74 Å². The Morgan fingerprint density at radius 2 is 1.63 bits per heavy atom. The van der Waals surface area contributed by atoms with E-state index in [9.17, 15) is 27.2 Å². The number of ether oxygens (including phenoxy) is 1. The molecule has 0 spiro atoms. The summed E-state index contributed by atoms with van der Waals surface area (Å²) in [5, 5.41) is 0. The van der Waals surface area contributed by atoms with Crippen LogP contribution >= 0.6 is 0 Å². The first kappa shape index (κ1) is 21.5. The number of carbonyl (C=O) groups is 2. The van der Waals surface area contributed by atoms with Crippen molar-refractivity contribution in [1.29, 1.82) is 0 Å². The summed E-state index contributed by atoms with van der Waals surface area (Å²) < 4.78 is 55.0. The van der Waals surface area contributed by atoms with Crippen molar-refractivity contribution in [3.05, 3.63) is 59.5 Å². The van der Waals surface area contributed by atoms with E-state index < -0.39 is 24.5 Å². The number of hydrogen-bond donors (Lipinski definition) is 0. The van der Waals surface area contributed by atoms with E-state index in [0.29, 0.717) is 19.5 Å². The lowest BCUT2D eigenvalue weighted by Gasteiger charge is -2.22. The van der Waals surface area contributed by atoms with Gasteiger partial charge in [-0.3, -0.25) is 9.59 Å². The van der Waals surface area contributed by atoms with Crippen molar-refractivity contribution in [2.75, 3.05) is 32.8 Å². The molecule has 3 rings (SSSR count). The highest BCUT2D eigenvalue weighted by molar-refractivity contribution is 5.95. The predicted molar refractivity (Wildman–Crippen MR) is 98.6 cm³/mol. The molecule has 1 aliphatic rings. The minimum atomic E-state index is -4.48. The third-order valence-electron chi connectivity index (χ3n) is 4.54. The quantitative estimate of drug-likeness (QED) is 0.707. The van der Waals surface area contributed by atoms with Crippen molar-refractivity contribution < 1.29 is 31.9 Å². The Morgan fingerprint density at radius 1 is 0.967 bits per heavy atom. The Hall–Kier alpha value is -3.17. The summed E-state index contributed by atoms with van der Waals surface area (Å²) in [6.07, 6.45) is -2.82. The van der Waals surface area contributed by atoms with Crippen LogP contribution in [0.4, 0.5) is 17.6 Å². The molecule has 1 fully saturated rings. The van der Waals surface area contributed by atoms with Crippen LogP contribution in [0.3, 0.4) is 0 Å². The molecule has 2 heterocycles. The van der Waals surface area contributed by atoms with Crippen molar-refractivity contribution in [3.8, 4) is 5.88 Å². The first-order valence-electron chi connectivity index (χ1n) is 9.23. The van der Waals surface area contributed by atoms with Crippen LogP contribution in [0.25, 0.3) is 0 Å². The highest BCUT2D eigenvalue weighted by Gasteiger charge is 2.29. The van der Waals surface area contributed by atoms with Crippen LogP contribution in [0.15, 0.2) is 42.6 Å². The smallest absolute Gasteiger partial charge is 0.422 e. The van der Waals surface area contributed by atoms with Gasteiger partial charge in [0.1, 0.15) is 5.82 Å². The van der Waals surface area contributed by atoms with Gasteiger partial charge in [0.15, 0.2) is 6.61 Å². The van der Waals surface area contributed by atoms with Crippen LogP contribution in [-0.2, 0) is 0 Å². The van der Waals surface area contributed by atoms with Gasteiger partial charge in [0.2, 0.25) is 5.88 Å². The first-order valence-corrected chi connectivity index (χ1v) is 9.23. The Balaban J connectivity index is 1.60. The molecule has 0 aliphatic carbocycles. The maximum atomic E-state index is 13.9. The number of benzene rings is 1. The average Bonchev–Trinajstić information content (AvgIpc) is 2.98. The number of carbonyl (C=O) groups excluding carboxylic acids is 2. The molecule has 1 saturated heterocycles. The van der Waals surface area contributed by atoms with Gasteiger partial charge in [0.05, 0.1) is 11.1 Å². The zero-order valence-electron chi connectivity index (χ0n) is 15.9. The number of alkyl halides is 3. The Kier molecular flexibility index (Phi) is 6.53. The van der Waals surface area contributed by atoms with Gasteiger partial charge in [-0.2, -0.15) is 13.2 Å². The maximum Gasteiger partial charge on any atom is 0.422 e. The van der Waals surface area contributed by atoms with Crippen LogP contribution in [0.2, 0.25) is 0 Å². The molecule has 160 valence electrons. The number of hydrogen-bond acceptors (Lipinski definition) is 4. The summed E-state index contributed by atoms with van der Waals surface area (Å²) in [7, 11) is 0. The van der Waals surface area contributed by atoms with E-state index in [1.54, 1.807) is 6.07 Å². The molecule has 0 unspecified atom stereocenters. The first-order chi connectivity index (χ1) is 14.2. The van der Waals surface area contributed by atoms with E-state index in [1.165, 1.54) is 40.1 Å². The minimum Gasteiger partial charge on any atom is -0.468 e. The molecular formula is C20H19F4N3O3. The van der Waals surface area contributed by atoms with Crippen LogP contribution in [0.1, 0.15) is 27.1 Å². The van der Waals surface area contributed by atoms with Gasteiger partial charge in [-0.15, -0.1) is 0 Å². The lowest BCUT2D eigenvalue weighted by atomic mass is 10.2. The Morgan fingerprint density at radius 3 is 2.23 bits per heavy atom. The van der Waals surface area contributed by atoms with E-state index in [1.807, 2.05) is 0 Å². The van der Waals surface area contributed by atoms with E-state index in [-0.39, 0.29) is 36.0 Å². The second kappa shape index (κ2) is 9.10. The summed E-state index contributed by atoms with van der Waals surface area (Å²) in [6.45, 7) is -0.235. The lowest BCUT2D eigenvalue weighted by molar-refractivity contribution is -0.154. The second-order valence-electron chi connectivity index (χ2n) is 6.71. The Labute approximate surface area is 170 Å².